The minimum Gasteiger partial charge on any atom is -0.392 e. The van der Waals surface area contributed by atoms with Gasteiger partial charge in [-0.1, -0.05) is 30.3 Å². The average molecular weight is 382 g/mol. The highest BCUT2D eigenvalue weighted by Gasteiger charge is 2.21. The van der Waals surface area contributed by atoms with Crippen molar-refractivity contribution < 1.29 is 5.11 Å². The monoisotopic (exact) mass is 381 g/mol. The molecule has 3 rings (SSSR count). The molecule has 0 spiro atoms. The Balaban J connectivity index is 1.57. The van der Waals surface area contributed by atoms with Gasteiger partial charge < -0.3 is 20.6 Å². The van der Waals surface area contributed by atoms with Gasteiger partial charge in [-0.25, -0.2) is 9.98 Å². The SMILES string of the molecule is CCNC(=NCc1ccccc1CO)NC1CCN(c2cccc(C)n2)CC1. The molecule has 1 aromatic heterocycles. The maximum absolute atomic E-state index is 9.49. The number of hydrogen-bond acceptors (Lipinski definition) is 4. The summed E-state index contributed by atoms with van der Waals surface area (Å²) in [6.07, 6.45) is 2.10. The van der Waals surface area contributed by atoms with Gasteiger partial charge in [0.2, 0.25) is 0 Å². The summed E-state index contributed by atoms with van der Waals surface area (Å²) in [6, 6.07) is 14.5. The first-order valence-electron chi connectivity index (χ1n) is 10.1. The molecule has 3 N–H and O–H groups in total. The number of benzene rings is 1. The molecule has 0 unspecified atom stereocenters. The summed E-state index contributed by atoms with van der Waals surface area (Å²) in [5.74, 6) is 1.90. The number of aliphatic hydroxyl groups excluding tert-OH is 1. The summed E-state index contributed by atoms with van der Waals surface area (Å²) < 4.78 is 0. The fraction of sp³-hybridized carbons (Fsp3) is 0.455. The molecule has 0 atom stereocenters. The van der Waals surface area contributed by atoms with Crippen LogP contribution in [-0.2, 0) is 13.2 Å². The minimum absolute atomic E-state index is 0.0428. The predicted molar refractivity (Wildman–Crippen MR) is 115 cm³/mol. The molecule has 150 valence electrons. The van der Waals surface area contributed by atoms with Crippen LogP contribution >= 0.6 is 0 Å². The van der Waals surface area contributed by atoms with Gasteiger partial charge in [0.05, 0.1) is 13.2 Å². The second kappa shape index (κ2) is 10.1. The highest BCUT2D eigenvalue weighted by atomic mass is 16.3. The van der Waals surface area contributed by atoms with Gasteiger partial charge in [-0.3, -0.25) is 0 Å². The fourth-order valence-electron chi connectivity index (χ4n) is 3.50. The number of aliphatic imine (C=N–C) groups is 1. The Morgan fingerprint density at radius 2 is 1.89 bits per heavy atom. The molecular formula is C22H31N5O. The third-order valence-corrected chi connectivity index (χ3v) is 5.07. The van der Waals surface area contributed by atoms with E-state index in [0.29, 0.717) is 12.6 Å². The molecule has 2 aromatic rings. The van der Waals surface area contributed by atoms with E-state index in [2.05, 4.69) is 39.6 Å². The van der Waals surface area contributed by atoms with Crippen molar-refractivity contribution in [3.8, 4) is 0 Å². The maximum atomic E-state index is 9.49. The Hall–Kier alpha value is -2.60. The van der Waals surface area contributed by atoms with E-state index >= 15 is 0 Å². The number of aryl methyl sites for hydroxylation is 1. The van der Waals surface area contributed by atoms with Gasteiger partial charge in [-0.15, -0.1) is 0 Å². The van der Waals surface area contributed by atoms with Crippen molar-refractivity contribution >= 4 is 11.8 Å². The number of hydrogen-bond donors (Lipinski definition) is 3. The number of guanidine groups is 1. The Labute approximate surface area is 167 Å². The molecule has 0 aliphatic carbocycles. The zero-order valence-corrected chi connectivity index (χ0v) is 16.9. The molecule has 28 heavy (non-hydrogen) atoms. The molecule has 6 heteroatoms. The summed E-state index contributed by atoms with van der Waals surface area (Å²) in [5.41, 5.74) is 3.05. The van der Waals surface area contributed by atoms with Gasteiger partial charge in [0, 0.05) is 31.4 Å². The normalized spacial score (nSPS) is 15.5. The van der Waals surface area contributed by atoms with Crippen LogP contribution in [0.3, 0.4) is 0 Å². The molecule has 0 radical (unpaired) electrons. The summed E-state index contributed by atoms with van der Waals surface area (Å²) in [4.78, 5) is 11.7. The smallest absolute Gasteiger partial charge is 0.191 e. The largest absolute Gasteiger partial charge is 0.392 e. The number of pyridine rings is 1. The molecule has 0 saturated carbocycles. The molecule has 0 bridgehead atoms. The third kappa shape index (κ3) is 5.45. The molecule has 1 saturated heterocycles. The molecule has 1 aliphatic rings. The number of aliphatic hydroxyl groups is 1. The van der Waals surface area contributed by atoms with Gasteiger partial charge in [0.15, 0.2) is 5.96 Å². The highest BCUT2D eigenvalue weighted by Crippen LogP contribution is 2.18. The van der Waals surface area contributed by atoms with Crippen molar-refractivity contribution in [2.24, 2.45) is 4.99 Å². The van der Waals surface area contributed by atoms with Crippen LogP contribution in [0.15, 0.2) is 47.5 Å². The lowest BCUT2D eigenvalue weighted by Gasteiger charge is -2.34. The molecular weight excluding hydrogens is 350 g/mol. The second-order valence-corrected chi connectivity index (χ2v) is 7.16. The summed E-state index contributed by atoms with van der Waals surface area (Å²) >= 11 is 0. The van der Waals surface area contributed by atoms with Crippen LogP contribution < -0.4 is 15.5 Å². The van der Waals surface area contributed by atoms with E-state index in [1.54, 1.807) is 0 Å². The first-order chi connectivity index (χ1) is 13.7. The van der Waals surface area contributed by atoms with Gasteiger partial charge in [0.1, 0.15) is 5.82 Å². The second-order valence-electron chi connectivity index (χ2n) is 7.16. The van der Waals surface area contributed by atoms with Crippen molar-refractivity contribution in [3.63, 3.8) is 0 Å². The van der Waals surface area contributed by atoms with E-state index in [1.807, 2.05) is 37.3 Å². The minimum atomic E-state index is 0.0428. The summed E-state index contributed by atoms with van der Waals surface area (Å²) in [7, 11) is 0. The van der Waals surface area contributed by atoms with E-state index in [4.69, 9.17) is 4.99 Å². The van der Waals surface area contributed by atoms with Crippen LogP contribution in [0.2, 0.25) is 0 Å². The number of anilines is 1. The lowest BCUT2D eigenvalue weighted by molar-refractivity contribution is 0.280. The van der Waals surface area contributed by atoms with Crippen molar-refractivity contribution in [1.29, 1.82) is 0 Å². The molecule has 1 fully saturated rings. The first kappa shape index (κ1) is 20.1. The molecule has 2 heterocycles. The van der Waals surface area contributed by atoms with E-state index in [1.165, 1.54) is 0 Å². The fourth-order valence-corrected chi connectivity index (χ4v) is 3.50. The Morgan fingerprint density at radius 3 is 2.57 bits per heavy atom. The number of aromatic nitrogens is 1. The van der Waals surface area contributed by atoms with Crippen LogP contribution in [0.25, 0.3) is 0 Å². The van der Waals surface area contributed by atoms with Gasteiger partial charge in [-0.05, 0) is 49.9 Å². The summed E-state index contributed by atoms with van der Waals surface area (Å²) in [5, 5.41) is 16.4. The molecule has 6 nitrogen and oxygen atoms in total. The molecule has 1 aliphatic heterocycles. The quantitative estimate of drug-likeness (QED) is 0.530. The van der Waals surface area contributed by atoms with Crippen LogP contribution in [-0.4, -0.2) is 41.7 Å². The Morgan fingerprint density at radius 1 is 1.14 bits per heavy atom. The van der Waals surface area contributed by atoms with Crippen molar-refractivity contribution in [1.82, 2.24) is 15.6 Å². The molecule has 1 aromatic carbocycles. The predicted octanol–water partition coefficient (Wildman–Crippen LogP) is 2.61. The van der Waals surface area contributed by atoms with Gasteiger partial charge in [-0.2, -0.15) is 0 Å². The van der Waals surface area contributed by atoms with Gasteiger partial charge in [0.25, 0.3) is 0 Å². The number of nitrogens with zero attached hydrogens (tertiary/aromatic N) is 3. The van der Waals surface area contributed by atoms with Crippen molar-refractivity contribution in [2.45, 2.75) is 45.9 Å². The number of piperidine rings is 1. The van der Waals surface area contributed by atoms with Crippen LogP contribution in [0.1, 0.15) is 36.6 Å². The van der Waals surface area contributed by atoms with Crippen LogP contribution in [0, 0.1) is 6.92 Å². The van der Waals surface area contributed by atoms with E-state index in [9.17, 15) is 5.11 Å². The standard InChI is InChI=1S/C22H31N5O/c1-3-23-22(24-15-18-8-4-5-9-19(18)16-28)26-20-11-13-27(14-12-20)21-10-6-7-17(2)25-21/h4-10,20,28H,3,11-16H2,1-2H3,(H2,23,24,26). The zero-order valence-electron chi connectivity index (χ0n) is 16.9. The average Bonchev–Trinajstić information content (AvgIpc) is 2.73. The number of nitrogens with one attached hydrogen (secondary N) is 2. The van der Waals surface area contributed by atoms with E-state index in [-0.39, 0.29) is 6.61 Å². The zero-order chi connectivity index (χ0) is 19.8. The maximum Gasteiger partial charge on any atom is 0.191 e. The lowest BCUT2D eigenvalue weighted by atomic mass is 10.1. The van der Waals surface area contributed by atoms with Crippen LogP contribution in [0.5, 0.6) is 0 Å². The lowest BCUT2D eigenvalue weighted by Crippen LogP contribution is -2.48. The van der Waals surface area contributed by atoms with Crippen molar-refractivity contribution in [3.05, 3.63) is 59.3 Å². The Bertz CT molecular complexity index is 784. The third-order valence-electron chi connectivity index (χ3n) is 5.07. The van der Waals surface area contributed by atoms with E-state index in [0.717, 1.165) is 61.1 Å². The highest BCUT2D eigenvalue weighted by molar-refractivity contribution is 5.80. The molecule has 0 amide bonds. The van der Waals surface area contributed by atoms with Gasteiger partial charge >= 0.3 is 0 Å². The number of rotatable bonds is 6. The van der Waals surface area contributed by atoms with E-state index < -0.39 is 0 Å². The first-order valence-corrected chi connectivity index (χ1v) is 10.1. The summed E-state index contributed by atoms with van der Waals surface area (Å²) in [6.45, 7) is 7.50. The topological polar surface area (TPSA) is 72.8 Å². The van der Waals surface area contributed by atoms with Crippen molar-refractivity contribution in [2.75, 3.05) is 24.5 Å². The van der Waals surface area contributed by atoms with Crippen LogP contribution in [0.4, 0.5) is 5.82 Å². The Kier molecular flexibility index (Phi) is 7.25.